The molecule has 0 saturated heterocycles. The molecule has 2 heterocycles. The Morgan fingerprint density at radius 3 is 3.00 bits per heavy atom. The lowest BCUT2D eigenvalue weighted by molar-refractivity contribution is -0.117. The van der Waals surface area contributed by atoms with Crippen LogP contribution in [-0.4, -0.2) is 18.0 Å². The molecule has 0 aromatic rings. The standard InChI is InChI=1S/C9H14N2OS/c1-9(2)5-6-3-4-10-8(12)7(6)13-11-9/h11H,3-5H2,1-2H3,(H,10,12). The summed E-state index contributed by atoms with van der Waals surface area (Å²) < 4.78 is 3.29. The number of carbonyl (C=O) groups excluding carboxylic acids is 1. The molecule has 0 bridgehead atoms. The van der Waals surface area contributed by atoms with Crippen molar-refractivity contribution in [3.05, 3.63) is 10.5 Å². The number of hydrogen-bond acceptors (Lipinski definition) is 3. The third kappa shape index (κ3) is 1.74. The molecule has 0 aliphatic carbocycles. The molecule has 0 spiro atoms. The highest BCUT2D eigenvalue weighted by Crippen LogP contribution is 2.35. The van der Waals surface area contributed by atoms with Crippen LogP contribution < -0.4 is 10.0 Å². The first-order chi connectivity index (χ1) is 6.08. The molecule has 2 aliphatic rings. The monoisotopic (exact) mass is 198 g/mol. The van der Waals surface area contributed by atoms with E-state index in [2.05, 4.69) is 23.9 Å². The van der Waals surface area contributed by atoms with Crippen molar-refractivity contribution >= 4 is 17.9 Å². The topological polar surface area (TPSA) is 41.1 Å². The average molecular weight is 198 g/mol. The second-order valence-corrected chi connectivity index (χ2v) is 5.02. The van der Waals surface area contributed by atoms with Gasteiger partial charge in [-0.2, -0.15) is 0 Å². The highest BCUT2D eigenvalue weighted by molar-refractivity contribution is 8.02. The van der Waals surface area contributed by atoms with Crippen molar-refractivity contribution < 1.29 is 4.79 Å². The van der Waals surface area contributed by atoms with Gasteiger partial charge in [-0.05, 0) is 44.2 Å². The minimum atomic E-state index is 0.0919. The van der Waals surface area contributed by atoms with Crippen molar-refractivity contribution in [3.63, 3.8) is 0 Å². The summed E-state index contributed by atoms with van der Waals surface area (Å²) >= 11 is 1.48. The van der Waals surface area contributed by atoms with E-state index in [-0.39, 0.29) is 11.4 Å². The molecule has 0 atom stereocenters. The van der Waals surface area contributed by atoms with E-state index >= 15 is 0 Å². The molecule has 13 heavy (non-hydrogen) atoms. The minimum Gasteiger partial charge on any atom is -0.351 e. The maximum atomic E-state index is 11.4. The smallest absolute Gasteiger partial charge is 0.258 e. The van der Waals surface area contributed by atoms with Gasteiger partial charge in [-0.15, -0.1) is 0 Å². The van der Waals surface area contributed by atoms with Gasteiger partial charge in [-0.1, -0.05) is 0 Å². The summed E-state index contributed by atoms with van der Waals surface area (Å²) in [6, 6.07) is 0. The first-order valence-electron chi connectivity index (χ1n) is 4.53. The van der Waals surface area contributed by atoms with Gasteiger partial charge in [0.05, 0.1) is 4.91 Å². The lowest BCUT2D eigenvalue weighted by atomic mass is 9.92. The van der Waals surface area contributed by atoms with Crippen LogP contribution in [-0.2, 0) is 4.79 Å². The Morgan fingerprint density at radius 1 is 1.46 bits per heavy atom. The van der Waals surface area contributed by atoms with Crippen molar-refractivity contribution in [1.29, 1.82) is 0 Å². The quantitative estimate of drug-likeness (QED) is 0.574. The van der Waals surface area contributed by atoms with Gasteiger partial charge in [0, 0.05) is 12.1 Å². The Bertz CT molecular complexity index is 283. The van der Waals surface area contributed by atoms with E-state index in [0.29, 0.717) is 0 Å². The lowest BCUT2D eigenvalue weighted by Gasteiger charge is -2.35. The van der Waals surface area contributed by atoms with Crippen molar-refractivity contribution in [2.24, 2.45) is 0 Å². The third-order valence-corrected chi connectivity index (χ3v) is 3.66. The zero-order chi connectivity index (χ0) is 9.47. The summed E-state index contributed by atoms with van der Waals surface area (Å²) in [6.07, 6.45) is 2.00. The number of hydrogen-bond donors (Lipinski definition) is 2. The molecular weight excluding hydrogens is 184 g/mol. The highest BCUT2D eigenvalue weighted by Gasteiger charge is 2.31. The maximum absolute atomic E-state index is 11.4. The fourth-order valence-electron chi connectivity index (χ4n) is 1.73. The van der Waals surface area contributed by atoms with E-state index in [1.54, 1.807) is 0 Å². The van der Waals surface area contributed by atoms with Gasteiger partial charge in [0.2, 0.25) is 0 Å². The fraction of sp³-hybridized carbons (Fsp3) is 0.667. The summed E-state index contributed by atoms with van der Waals surface area (Å²) in [5.41, 5.74) is 1.44. The van der Waals surface area contributed by atoms with Gasteiger partial charge < -0.3 is 5.32 Å². The minimum absolute atomic E-state index is 0.0919. The second-order valence-electron chi connectivity index (χ2n) is 4.20. The Morgan fingerprint density at radius 2 is 2.23 bits per heavy atom. The Labute approximate surface area is 82.5 Å². The van der Waals surface area contributed by atoms with Crippen molar-refractivity contribution in [2.45, 2.75) is 32.2 Å². The van der Waals surface area contributed by atoms with Crippen molar-refractivity contribution in [2.75, 3.05) is 6.54 Å². The predicted octanol–water partition coefficient (Wildman–Crippen LogP) is 1.18. The van der Waals surface area contributed by atoms with E-state index in [0.717, 1.165) is 24.3 Å². The SMILES string of the molecule is CC1(C)CC2=C(SN1)C(=O)NCC2. The molecular formula is C9H14N2OS. The van der Waals surface area contributed by atoms with Gasteiger partial charge in [0.15, 0.2) is 0 Å². The van der Waals surface area contributed by atoms with Crippen LogP contribution >= 0.6 is 11.9 Å². The summed E-state index contributed by atoms with van der Waals surface area (Å²) in [5.74, 6) is 0.0919. The van der Waals surface area contributed by atoms with Crippen LogP contribution in [0.2, 0.25) is 0 Å². The molecule has 2 aliphatic heterocycles. The predicted molar refractivity (Wildman–Crippen MR) is 54.1 cm³/mol. The van der Waals surface area contributed by atoms with Gasteiger partial charge in [0.1, 0.15) is 0 Å². The lowest BCUT2D eigenvalue weighted by Crippen LogP contribution is -2.43. The zero-order valence-electron chi connectivity index (χ0n) is 7.94. The van der Waals surface area contributed by atoms with Crippen molar-refractivity contribution in [1.82, 2.24) is 10.0 Å². The molecule has 0 radical (unpaired) electrons. The molecule has 2 N–H and O–H groups in total. The van der Waals surface area contributed by atoms with Crippen LogP contribution in [0.4, 0.5) is 0 Å². The van der Waals surface area contributed by atoms with E-state index in [1.807, 2.05) is 0 Å². The average Bonchev–Trinajstić information content (AvgIpc) is 2.02. The number of carbonyl (C=O) groups is 1. The fourth-order valence-corrected chi connectivity index (χ4v) is 2.66. The molecule has 0 saturated carbocycles. The number of rotatable bonds is 0. The van der Waals surface area contributed by atoms with Crippen LogP contribution in [0.25, 0.3) is 0 Å². The third-order valence-electron chi connectivity index (χ3n) is 2.32. The van der Waals surface area contributed by atoms with Gasteiger partial charge in [-0.25, -0.2) is 0 Å². The Kier molecular flexibility index (Phi) is 2.12. The summed E-state index contributed by atoms with van der Waals surface area (Å²) in [5, 5.41) is 2.85. The van der Waals surface area contributed by atoms with Crippen LogP contribution in [0.3, 0.4) is 0 Å². The van der Waals surface area contributed by atoms with Crippen molar-refractivity contribution in [3.8, 4) is 0 Å². The van der Waals surface area contributed by atoms with E-state index < -0.39 is 0 Å². The molecule has 1 amide bonds. The molecule has 0 aromatic carbocycles. The molecule has 3 nitrogen and oxygen atoms in total. The molecule has 2 rings (SSSR count). The van der Waals surface area contributed by atoms with Gasteiger partial charge in [-0.3, -0.25) is 9.52 Å². The first kappa shape index (κ1) is 9.09. The van der Waals surface area contributed by atoms with Gasteiger partial charge >= 0.3 is 0 Å². The summed E-state index contributed by atoms with van der Waals surface area (Å²) in [6.45, 7) is 5.13. The molecule has 72 valence electrons. The van der Waals surface area contributed by atoms with E-state index in [4.69, 9.17) is 0 Å². The van der Waals surface area contributed by atoms with Gasteiger partial charge in [0.25, 0.3) is 5.91 Å². The second kappa shape index (κ2) is 3.03. The number of nitrogens with one attached hydrogen (secondary N) is 2. The zero-order valence-corrected chi connectivity index (χ0v) is 8.75. The number of amides is 1. The highest BCUT2D eigenvalue weighted by atomic mass is 32.2. The largest absolute Gasteiger partial charge is 0.351 e. The normalized spacial score (nSPS) is 26.8. The molecule has 0 fully saturated rings. The maximum Gasteiger partial charge on any atom is 0.258 e. The van der Waals surface area contributed by atoms with E-state index in [1.165, 1.54) is 17.5 Å². The first-order valence-corrected chi connectivity index (χ1v) is 5.34. The molecule has 0 aromatic heterocycles. The molecule has 4 heteroatoms. The van der Waals surface area contributed by atoms with Crippen LogP contribution in [0, 0.1) is 0 Å². The summed E-state index contributed by atoms with van der Waals surface area (Å²) in [4.78, 5) is 12.3. The van der Waals surface area contributed by atoms with Crippen LogP contribution in [0.5, 0.6) is 0 Å². The molecule has 0 unspecified atom stereocenters. The van der Waals surface area contributed by atoms with E-state index in [9.17, 15) is 4.79 Å². The van der Waals surface area contributed by atoms with Crippen LogP contribution in [0.15, 0.2) is 10.5 Å². The summed E-state index contributed by atoms with van der Waals surface area (Å²) in [7, 11) is 0. The Balaban J connectivity index is 2.27. The van der Waals surface area contributed by atoms with Crippen LogP contribution in [0.1, 0.15) is 26.7 Å². The Hall–Kier alpha value is -0.480.